The van der Waals surface area contributed by atoms with Crippen LogP contribution in [0.2, 0.25) is 5.15 Å². The molecule has 3 aromatic rings. The van der Waals surface area contributed by atoms with Gasteiger partial charge in [0, 0.05) is 31.7 Å². The zero-order chi connectivity index (χ0) is 23.3. The number of nitrogens with one attached hydrogen (secondary N) is 1. The molecule has 1 aliphatic heterocycles. The smallest absolute Gasteiger partial charge is 0.246 e. The summed E-state index contributed by atoms with van der Waals surface area (Å²) >= 11 is 5.97. The molecule has 1 amide bonds. The SMILES string of the molecule is O=C(NCc1cccc(Oc2ccccc2)c1)C1CCN(S(=O)(=O)c2cccnc2Cl)CC1. The molecular weight excluding hydrogens is 462 g/mol. The Morgan fingerprint density at radius 3 is 2.48 bits per heavy atom. The minimum atomic E-state index is -3.73. The molecule has 1 aromatic heterocycles. The van der Waals surface area contributed by atoms with Crippen molar-refractivity contribution in [1.82, 2.24) is 14.6 Å². The average Bonchev–Trinajstić information content (AvgIpc) is 2.84. The minimum Gasteiger partial charge on any atom is -0.457 e. The van der Waals surface area contributed by atoms with Gasteiger partial charge in [-0.1, -0.05) is 41.9 Å². The summed E-state index contributed by atoms with van der Waals surface area (Å²) < 4.78 is 32.9. The molecule has 7 nitrogen and oxygen atoms in total. The van der Waals surface area contributed by atoms with Crippen LogP contribution in [0.25, 0.3) is 0 Å². The fourth-order valence-corrected chi connectivity index (χ4v) is 5.64. The minimum absolute atomic E-state index is 0.00725. The topological polar surface area (TPSA) is 88.6 Å². The third-order valence-corrected chi connectivity index (χ3v) is 7.85. The number of halogens is 1. The van der Waals surface area contributed by atoms with E-state index in [0.717, 1.165) is 11.3 Å². The van der Waals surface area contributed by atoms with Crippen molar-refractivity contribution in [3.63, 3.8) is 0 Å². The standard InChI is InChI=1S/C24H24ClN3O4S/c25-23-22(10-5-13-26-23)33(30,31)28-14-11-19(12-15-28)24(29)27-17-18-6-4-9-21(16-18)32-20-7-2-1-3-8-20/h1-10,13,16,19H,11-12,14-15,17H2,(H,27,29). The summed E-state index contributed by atoms with van der Waals surface area (Å²) in [5.41, 5.74) is 0.919. The molecule has 0 radical (unpaired) electrons. The van der Waals surface area contributed by atoms with Gasteiger partial charge in [-0.3, -0.25) is 4.79 Å². The second-order valence-electron chi connectivity index (χ2n) is 7.75. The summed E-state index contributed by atoms with van der Waals surface area (Å²) in [6.45, 7) is 0.882. The van der Waals surface area contributed by atoms with E-state index in [2.05, 4.69) is 10.3 Å². The number of aromatic nitrogens is 1. The summed E-state index contributed by atoms with van der Waals surface area (Å²) in [4.78, 5) is 16.5. The molecular formula is C24H24ClN3O4S. The second kappa shape index (κ2) is 10.3. The third kappa shape index (κ3) is 5.71. The van der Waals surface area contributed by atoms with Crippen molar-refractivity contribution in [2.24, 2.45) is 5.92 Å². The number of carbonyl (C=O) groups excluding carboxylic acids is 1. The van der Waals surface area contributed by atoms with Gasteiger partial charge in [0.1, 0.15) is 21.5 Å². The summed E-state index contributed by atoms with van der Waals surface area (Å²) in [5, 5.41) is 2.92. The number of pyridine rings is 1. The molecule has 0 unspecified atom stereocenters. The van der Waals surface area contributed by atoms with Gasteiger partial charge in [-0.05, 0) is 54.8 Å². The number of carbonyl (C=O) groups is 1. The van der Waals surface area contributed by atoms with Crippen LogP contribution in [0.1, 0.15) is 18.4 Å². The molecule has 1 fully saturated rings. The number of nitrogens with zero attached hydrogens (tertiary/aromatic N) is 2. The van der Waals surface area contributed by atoms with E-state index in [1.807, 2.05) is 54.6 Å². The molecule has 0 spiro atoms. The zero-order valence-electron chi connectivity index (χ0n) is 17.9. The Hall–Kier alpha value is -2.94. The summed E-state index contributed by atoms with van der Waals surface area (Å²) in [6, 6.07) is 20.0. The van der Waals surface area contributed by atoms with Crippen molar-refractivity contribution < 1.29 is 17.9 Å². The van der Waals surface area contributed by atoms with E-state index in [0.29, 0.717) is 25.1 Å². The Morgan fingerprint density at radius 2 is 1.76 bits per heavy atom. The molecule has 172 valence electrons. The quantitative estimate of drug-likeness (QED) is 0.505. The molecule has 1 aliphatic rings. The Kier molecular flexibility index (Phi) is 7.27. The maximum atomic E-state index is 12.8. The van der Waals surface area contributed by atoms with Gasteiger partial charge in [0.05, 0.1) is 0 Å². The predicted octanol–water partition coefficient (Wildman–Crippen LogP) is 4.24. The van der Waals surface area contributed by atoms with Gasteiger partial charge in [0.2, 0.25) is 15.9 Å². The number of sulfonamides is 1. The van der Waals surface area contributed by atoms with Crippen molar-refractivity contribution in [2.75, 3.05) is 13.1 Å². The maximum absolute atomic E-state index is 12.8. The third-order valence-electron chi connectivity index (χ3n) is 5.51. The number of hydrogen-bond donors (Lipinski definition) is 1. The Balaban J connectivity index is 1.30. The lowest BCUT2D eigenvalue weighted by Gasteiger charge is -2.30. The van der Waals surface area contributed by atoms with Gasteiger partial charge in [-0.2, -0.15) is 4.31 Å². The molecule has 0 aliphatic carbocycles. The van der Waals surface area contributed by atoms with Crippen molar-refractivity contribution >= 4 is 27.5 Å². The highest BCUT2D eigenvalue weighted by molar-refractivity contribution is 7.89. The fraction of sp³-hybridized carbons (Fsp3) is 0.250. The second-order valence-corrected chi connectivity index (χ2v) is 10.0. The van der Waals surface area contributed by atoms with E-state index >= 15 is 0 Å². The van der Waals surface area contributed by atoms with Crippen molar-refractivity contribution in [2.45, 2.75) is 24.3 Å². The molecule has 1 N–H and O–H groups in total. The van der Waals surface area contributed by atoms with Crippen LogP contribution in [-0.2, 0) is 21.4 Å². The number of piperidine rings is 1. The molecule has 2 heterocycles. The number of para-hydroxylation sites is 1. The highest BCUT2D eigenvalue weighted by Crippen LogP contribution is 2.27. The lowest BCUT2D eigenvalue weighted by atomic mass is 9.97. The Labute approximate surface area is 198 Å². The zero-order valence-corrected chi connectivity index (χ0v) is 19.4. The molecule has 0 atom stereocenters. The van der Waals surface area contributed by atoms with E-state index in [-0.39, 0.29) is 35.0 Å². The van der Waals surface area contributed by atoms with Crippen LogP contribution in [-0.4, -0.2) is 36.7 Å². The van der Waals surface area contributed by atoms with Gasteiger partial charge in [0.15, 0.2) is 0 Å². The number of ether oxygens (including phenoxy) is 1. The van der Waals surface area contributed by atoms with E-state index in [9.17, 15) is 13.2 Å². The fourth-order valence-electron chi connectivity index (χ4n) is 3.74. The van der Waals surface area contributed by atoms with Crippen LogP contribution < -0.4 is 10.1 Å². The number of hydrogen-bond acceptors (Lipinski definition) is 5. The predicted molar refractivity (Wildman–Crippen MR) is 126 cm³/mol. The first kappa shape index (κ1) is 23.2. The molecule has 4 rings (SSSR count). The largest absolute Gasteiger partial charge is 0.457 e. The van der Waals surface area contributed by atoms with Crippen LogP contribution >= 0.6 is 11.6 Å². The number of rotatable bonds is 7. The first-order chi connectivity index (χ1) is 15.9. The first-order valence-electron chi connectivity index (χ1n) is 10.6. The normalized spacial score (nSPS) is 15.2. The van der Waals surface area contributed by atoms with Crippen LogP contribution in [0.15, 0.2) is 77.8 Å². The van der Waals surface area contributed by atoms with E-state index < -0.39 is 10.0 Å². The summed E-state index contributed by atoms with van der Waals surface area (Å²) in [5.74, 6) is 1.11. The van der Waals surface area contributed by atoms with Crippen molar-refractivity contribution in [3.05, 3.63) is 83.6 Å². The average molecular weight is 486 g/mol. The molecule has 2 aromatic carbocycles. The molecule has 9 heteroatoms. The monoisotopic (exact) mass is 485 g/mol. The number of amides is 1. The van der Waals surface area contributed by atoms with E-state index in [1.165, 1.54) is 16.6 Å². The van der Waals surface area contributed by atoms with Crippen LogP contribution in [0.4, 0.5) is 0 Å². The Morgan fingerprint density at radius 1 is 1.03 bits per heavy atom. The van der Waals surface area contributed by atoms with Gasteiger partial charge in [-0.15, -0.1) is 0 Å². The van der Waals surface area contributed by atoms with E-state index in [4.69, 9.17) is 16.3 Å². The van der Waals surface area contributed by atoms with Gasteiger partial charge in [0.25, 0.3) is 0 Å². The molecule has 0 bridgehead atoms. The first-order valence-corrected chi connectivity index (χ1v) is 12.5. The molecule has 1 saturated heterocycles. The van der Waals surface area contributed by atoms with E-state index in [1.54, 1.807) is 6.07 Å². The molecule has 33 heavy (non-hydrogen) atoms. The van der Waals surface area contributed by atoms with Gasteiger partial charge < -0.3 is 10.1 Å². The van der Waals surface area contributed by atoms with Crippen LogP contribution in [0.3, 0.4) is 0 Å². The highest BCUT2D eigenvalue weighted by atomic mass is 35.5. The van der Waals surface area contributed by atoms with Crippen molar-refractivity contribution in [1.29, 1.82) is 0 Å². The lowest BCUT2D eigenvalue weighted by Crippen LogP contribution is -2.42. The van der Waals surface area contributed by atoms with Crippen molar-refractivity contribution in [3.8, 4) is 11.5 Å². The van der Waals surface area contributed by atoms with Crippen LogP contribution in [0, 0.1) is 5.92 Å². The summed E-state index contributed by atoms with van der Waals surface area (Å²) in [6.07, 6.45) is 2.33. The highest BCUT2D eigenvalue weighted by Gasteiger charge is 2.33. The summed E-state index contributed by atoms with van der Waals surface area (Å²) in [7, 11) is -3.73. The number of benzene rings is 2. The van der Waals surface area contributed by atoms with Gasteiger partial charge >= 0.3 is 0 Å². The maximum Gasteiger partial charge on any atom is 0.246 e. The van der Waals surface area contributed by atoms with Crippen LogP contribution in [0.5, 0.6) is 11.5 Å². The lowest BCUT2D eigenvalue weighted by molar-refractivity contribution is -0.126. The van der Waals surface area contributed by atoms with Gasteiger partial charge in [-0.25, -0.2) is 13.4 Å². The Bertz CT molecular complexity index is 1210. The molecule has 0 saturated carbocycles.